The number of carbonyl (C=O) groups excluding carboxylic acids is 1. The number of Topliss-reactive ketones (excluding diaryl/α,β-unsaturated/α-hetero) is 1. The van der Waals surface area contributed by atoms with Crippen LogP contribution in [0.1, 0.15) is 23.3 Å². The smallest absolute Gasteiger partial charge is 0.383 e. The van der Waals surface area contributed by atoms with E-state index in [0.29, 0.717) is 17.6 Å². The Bertz CT molecular complexity index is 418. The summed E-state index contributed by atoms with van der Waals surface area (Å²) in [6.45, 7) is 0.642. The first-order valence-electron chi connectivity index (χ1n) is 5.15. The molecule has 8 heteroatoms. The molecule has 0 atom stereocenters. The van der Waals surface area contributed by atoms with Crippen molar-refractivity contribution in [2.24, 2.45) is 0 Å². The van der Waals surface area contributed by atoms with Crippen LogP contribution in [0.2, 0.25) is 0 Å². The molecule has 0 fully saturated rings. The van der Waals surface area contributed by atoms with E-state index in [2.05, 4.69) is 21.0 Å². The van der Waals surface area contributed by atoms with Gasteiger partial charge in [0.25, 0.3) is 0 Å². The number of aromatic nitrogens is 2. The average Bonchev–Trinajstić information content (AvgIpc) is 2.64. The molecule has 1 heterocycles. The first-order valence-corrected chi connectivity index (χ1v) is 5.94. The largest absolute Gasteiger partial charge is 0.389 e. The van der Waals surface area contributed by atoms with Crippen LogP contribution in [-0.2, 0) is 11.3 Å². The molecular weight excluding hydrogens is 317 g/mol. The van der Waals surface area contributed by atoms with E-state index in [1.54, 1.807) is 0 Å². The Hall–Kier alpha value is -0.890. The maximum absolute atomic E-state index is 12.1. The highest BCUT2D eigenvalue weighted by molar-refractivity contribution is 9.10. The molecule has 0 aliphatic carbocycles. The summed E-state index contributed by atoms with van der Waals surface area (Å²) in [7, 11) is 1.49. The van der Waals surface area contributed by atoms with Crippen molar-refractivity contribution in [3.8, 4) is 0 Å². The molecule has 0 unspecified atom stereocenters. The number of alkyl halides is 3. The van der Waals surface area contributed by atoms with Crippen LogP contribution in [-0.4, -0.2) is 35.5 Å². The minimum Gasteiger partial charge on any atom is -0.383 e. The van der Waals surface area contributed by atoms with Crippen molar-refractivity contribution < 1.29 is 22.7 Å². The van der Waals surface area contributed by atoms with Crippen LogP contribution in [0.25, 0.3) is 0 Å². The maximum atomic E-state index is 12.1. The standard InChI is InChI=1S/C10H12BrF3N2O2/c1-18-5-4-16-9(7(11)6-15-16)8(17)2-3-10(12,13)14/h6H,2-5H2,1H3. The van der Waals surface area contributed by atoms with Crippen molar-refractivity contribution in [1.82, 2.24) is 9.78 Å². The molecule has 0 radical (unpaired) electrons. The Balaban J connectivity index is 2.75. The molecule has 0 N–H and O–H groups in total. The second kappa shape index (κ2) is 6.33. The molecule has 0 aliphatic heterocycles. The van der Waals surface area contributed by atoms with Crippen molar-refractivity contribution >= 4 is 21.7 Å². The van der Waals surface area contributed by atoms with E-state index in [-0.39, 0.29) is 5.69 Å². The molecule has 18 heavy (non-hydrogen) atoms. The molecule has 1 aromatic heterocycles. The summed E-state index contributed by atoms with van der Waals surface area (Å²) in [6.07, 6.45) is -4.66. The predicted octanol–water partition coefficient (Wildman–Crippen LogP) is 2.82. The van der Waals surface area contributed by atoms with Gasteiger partial charge in [-0.05, 0) is 15.9 Å². The molecule has 0 spiro atoms. The number of nitrogens with zero attached hydrogens (tertiary/aromatic N) is 2. The molecule has 0 bridgehead atoms. The van der Waals surface area contributed by atoms with Gasteiger partial charge in [0.2, 0.25) is 0 Å². The van der Waals surface area contributed by atoms with E-state index in [9.17, 15) is 18.0 Å². The van der Waals surface area contributed by atoms with Gasteiger partial charge in [0.05, 0.1) is 30.2 Å². The van der Waals surface area contributed by atoms with Crippen LogP contribution < -0.4 is 0 Å². The summed E-state index contributed by atoms with van der Waals surface area (Å²) in [6, 6.07) is 0. The third kappa shape index (κ3) is 4.41. The molecule has 1 rings (SSSR count). The lowest BCUT2D eigenvalue weighted by Gasteiger charge is -2.08. The lowest BCUT2D eigenvalue weighted by atomic mass is 10.1. The monoisotopic (exact) mass is 328 g/mol. The summed E-state index contributed by atoms with van der Waals surface area (Å²) in [5.74, 6) is -0.590. The molecule has 0 saturated carbocycles. The highest BCUT2D eigenvalue weighted by Gasteiger charge is 2.29. The molecule has 1 aromatic rings. The second-order valence-electron chi connectivity index (χ2n) is 3.60. The fourth-order valence-electron chi connectivity index (χ4n) is 1.36. The predicted molar refractivity (Wildman–Crippen MR) is 61.4 cm³/mol. The zero-order valence-corrected chi connectivity index (χ0v) is 11.2. The first-order chi connectivity index (χ1) is 8.35. The van der Waals surface area contributed by atoms with E-state index >= 15 is 0 Å². The summed E-state index contributed by atoms with van der Waals surface area (Å²) >= 11 is 3.10. The fraction of sp³-hybridized carbons (Fsp3) is 0.600. The summed E-state index contributed by atoms with van der Waals surface area (Å²) in [5, 5.41) is 3.91. The number of ether oxygens (including phenoxy) is 1. The number of methoxy groups -OCH3 is 1. The van der Waals surface area contributed by atoms with Crippen LogP contribution in [0, 0.1) is 0 Å². The van der Waals surface area contributed by atoms with Gasteiger partial charge in [-0.1, -0.05) is 0 Å². The number of halogens is 4. The van der Waals surface area contributed by atoms with E-state index in [1.807, 2.05) is 0 Å². The third-order valence-corrected chi connectivity index (χ3v) is 2.78. The number of carbonyl (C=O) groups is 1. The quantitative estimate of drug-likeness (QED) is 0.754. The minimum absolute atomic E-state index is 0.149. The number of hydrogen-bond acceptors (Lipinski definition) is 3. The molecule has 0 aliphatic rings. The third-order valence-electron chi connectivity index (χ3n) is 2.20. The van der Waals surface area contributed by atoms with E-state index < -0.39 is 24.8 Å². The topological polar surface area (TPSA) is 44.1 Å². The molecule has 0 amide bonds. The van der Waals surface area contributed by atoms with Gasteiger partial charge in [-0.2, -0.15) is 18.3 Å². The molecule has 0 saturated heterocycles. The average molecular weight is 329 g/mol. The Labute approximate surface area is 110 Å². The van der Waals surface area contributed by atoms with Crippen molar-refractivity contribution in [3.63, 3.8) is 0 Å². The zero-order valence-electron chi connectivity index (χ0n) is 9.63. The highest BCUT2D eigenvalue weighted by Crippen LogP contribution is 2.24. The highest BCUT2D eigenvalue weighted by atomic mass is 79.9. The number of ketones is 1. The van der Waals surface area contributed by atoms with Gasteiger partial charge in [-0.15, -0.1) is 0 Å². The van der Waals surface area contributed by atoms with Gasteiger partial charge in [0.15, 0.2) is 5.78 Å². The zero-order chi connectivity index (χ0) is 13.8. The van der Waals surface area contributed by atoms with Crippen LogP contribution in [0.5, 0.6) is 0 Å². The van der Waals surface area contributed by atoms with Gasteiger partial charge in [0.1, 0.15) is 5.69 Å². The Morgan fingerprint density at radius 2 is 2.22 bits per heavy atom. The maximum Gasteiger partial charge on any atom is 0.389 e. The lowest BCUT2D eigenvalue weighted by Crippen LogP contribution is -2.16. The fourth-order valence-corrected chi connectivity index (χ4v) is 1.88. The number of rotatable bonds is 6. The lowest BCUT2D eigenvalue weighted by molar-refractivity contribution is -0.133. The van der Waals surface area contributed by atoms with Crippen molar-refractivity contribution in [2.45, 2.75) is 25.6 Å². The normalized spacial score (nSPS) is 11.8. The van der Waals surface area contributed by atoms with Gasteiger partial charge in [-0.3, -0.25) is 9.48 Å². The van der Waals surface area contributed by atoms with Crippen LogP contribution in [0.15, 0.2) is 10.7 Å². The molecule has 0 aromatic carbocycles. The van der Waals surface area contributed by atoms with Gasteiger partial charge in [-0.25, -0.2) is 0 Å². The van der Waals surface area contributed by atoms with Crippen LogP contribution >= 0.6 is 15.9 Å². The van der Waals surface area contributed by atoms with Crippen molar-refractivity contribution in [3.05, 3.63) is 16.4 Å². The van der Waals surface area contributed by atoms with E-state index in [0.717, 1.165) is 0 Å². The molecular formula is C10H12BrF3N2O2. The van der Waals surface area contributed by atoms with Gasteiger partial charge in [0, 0.05) is 13.5 Å². The molecule has 4 nitrogen and oxygen atoms in total. The summed E-state index contributed by atoms with van der Waals surface area (Å²) < 4.78 is 42.7. The Morgan fingerprint density at radius 3 is 2.78 bits per heavy atom. The molecule has 102 valence electrons. The first kappa shape index (κ1) is 15.2. The minimum atomic E-state index is -4.33. The summed E-state index contributed by atoms with van der Waals surface area (Å²) in [5.41, 5.74) is 0.149. The Kier molecular flexibility index (Phi) is 5.33. The van der Waals surface area contributed by atoms with Gasteiger partial charge >= 0.3 is 6.18 Å². The van der Waals surface area contributed by atoms with E-state index in [1.165, 1.54) is 18.0 Å². The number of hydrogen-bond donors (Lipinski definition) is 0. The Morgan fingerprint density at radius 1 is 1.56 bits per heavy atom. The van der Waals surface area contributed by atoms with Crippen molar-refractivity contribution in [2.75, 3.05) is 13.7 Å². The van der Waals surface area contributed by atoms with Gasteiger partial charge < -0.3 is 4.74 Å². The van der Waals surface area contributed by atoms with Crippen molar-refractivity contribution in [1.29, 1.82) is 0 Å². The second-order valence-corrected chi connectivity index (χ2v) is 4.45. The van der Waals surface area contributed by atoms with E-state index in [4.69, 9.17) is 4.74 Å². The SMILES string of the molecule is COCCn1ncc(Br)c1C(=O)CCC(F)(F)F. The van der Waals surface area contributed by atoms with Crippen LogP contribution in [0.3, 0.4) is 0 Å². The summed E-state index contributed by atoms with van der Waals surface area (Å²) in [4.78, 5) is 11.7. The van der Waals surface area contributed by atoms with Crippen LogP contribution in [0.4, 0.5) is 13.2 Å².